The summed E-state index contributed by atoms with van der Waals surface area (Å²) < 4.78 is 16.1. The molecule has 0 amide bonds. The van der Waals surface area contributed by atoms with E-state index in [9.17, 15) is 0 Å². The molecule has 1 aromatic rings. The van der Waals surface area contributed by atoms with Crippen LogP contribution < -0.4 is 9.47 Å². The lowest BCUT2D eigenvalue weighted by Gasteiger charge is -2.15. The molecule has 1 rings (SSSR count). The third-order valence-electron chi connectivity index (χ3n) is 2.59. The van der Waals surface area contributed by atoms with Gasteiger partial charge >= 0.3 is 0 Å². The van der Waals surface area contributed by atoms with Gasteiger partial charge in [-0.05, 0) is 37.6 Å². The molecule has 0 spiro atoms. The van der Waals surface area contributed by atoms with Crippen molar-refractivity contribution in [2.45, 2.75) is 20.0 Å². The number of ether oxygens (including phenoxy) is 3. The smallest absolute Gasteiger partial charge is 0.161 e. The standard InChI is InChI=1S/C14H19ClO3/c1-10(15)7-8-18-11(2)12-5-6-13(16-3)14(9-12)17-4/h5-7,9,11H,8H2,1-4H3. The molecule has 0 aliphatic rings. The molecule has 3 nitrogen and oxygen atoms in total. The fourth-order valence-electron chi connectivity index (χ4n) is 1.51. The zero-order valence-corrected chi connectivity index (χ0v) is 12.0. The molecule has 0 aliphatic carbocycles. The number of halogens is 1. The lowest BCUT2D eigenvalue weighted by Crippen LogP contribution is -2.01. The van der Waals surface area contributed by atoms with Crippen LogP contribution >= 0.6 is 11.6 Å². The van der Waals surface area contributed by atoms with E-state index in [2.05, 4.69) is 0 Å². The molecule has 1 aromatic carbocycles. The zero-order chi connectivity index (χ0) is 13.5. The van der Waals surface area contributed by atoms with Gasteiger partial charge in [-0.3, -0.25) is 0 Å². The van der Waals surface area contributed by atoms with E-state index in [-0.39, 0.29) is 6.10 Å². The first-order chi connectivity index (χ1) is 8.58. The highest BCUT2D eigenvalue weighted by atomic mass is 35.5. The second-order valence-electron chi connectivity index (χ2n) is 3.88. The van der Waals surface area contributed by atoms with Gasteiger partial charge in [0.1, 0.15) is 0 Å². The number of rotatable bonds is 6. The van der Waals surface area contributed by atoms with Crippen molar-refractivity contribution in [2.75, 3.05) is 20.8 Å². The maximum absolute atomic E-state index is 5.74. The molecule has 1 atom stereocenters. The van der Waals surface area contributed by atoms with Gasteiger partial charge in [0, 0.05) is 5.03 Å². The van der Waals surface area contributed by atoms with Crippen molar-refractivity contribution in [3.8, 4) is 11.5 Å². The minimum atomic E-state index is -0.0305. The molecule has 100 valence electrons. The fraction of sp³-hybridized carbons (Fsp3) is 0.429. The van der Waals surface area contributed by atoms with Crippen LogP contribution in [0.4, 0.5) is 0 Å². The molecule has 0 N–H and O–H groups in total. The minimum Gasteiger partial charge on any atom is -0.493 e. The highest BCUT2D eigenvalue weighted by Crippen LogP contribution is 2.30. The van der Waals surface area contributed by atoms with Crippen LogP contribution in [-0.2, 0) is 4.74 Å². The van der Waals surface area contributed by atoms with Gasteiger partial charge in [0.15, 0.2) is 11.5 Å². The molecule has 1 unspecified atom stereocenters. The minimum absolute atomic E-state index is 0.0305. The first-order valence-electron chi connectivity index (χ1n) is 5.74. The molecule has 0 radical (unpaired) electrons. The van der Waals surface area contributed by atoms with Gasteiger partial charge in [-0.15, -0.1) is 0 Å². The van der Waals surface area contributed by atoms with Gasteiger partial charge in [0.05, 0.1) is 26.9 Å². The molecule has 0 fully saturated rings. The number of allylic oxidation sites excluding steroid dienone is 1. The summed E-state index contributed by atoms with van der Waals surface area (Å²) in [5, 5.41) is 0.731. The summed E-state index contributed by atoms with van der Waals surface area (Å²) in [5.41, 5.74) is 1.04. The van der Waals surface area contributed by atoms with Crippen LogP contribution in [0.15, 0.2) is 29.3 Å². The molecule has 4 heteroatoms. The molecule has 18 heavy (non-hydrogen) atoms. The number of hydrogen-bond donors (Lipinski definition) is 0. The Balaban J connectivity index is 2.74. The monoisotopic (exact) mass is 270 g/mol. The Hall–Kier alpha value is -1.19. The van der Waals surface area contributed by atoms with Gasteiger partial charge in [-0.25, -0.2) is 0 Å². The number of hydrogen-bond acceptors (Lipinski definition) is 3. The Labute approximate surface area is 113 Å². The normalized spacial score (nSPS) is 13.3. The number of benzene rings is 1. The summed E-state index contributed by atoms with van der Waals surface area (Å²) in [6, 6.07) is 5.75. The number of methoxy groups -OCH3 is 2. The van der Waals surface area contributed by atoms with Crippen molar-refractivity contribution in [3.05, 3.63) is 34.9 Å². The molecule has 0 aliphatic heterocycles. The van der Waals surface area contributed by atoms with E-state index >= 15 is 0 Å². The SMILES string of the molecule is COc1ccc(C(C)OCC=C(C)Cl)cc1OC. The lowest BCUT2D eigenvalue weighted by molar-refractivity contribution is 0.0882. The third-order valence-corrected chi connectivity index (χ3v) is 2.74. The Bertz CT molecular complexity index is 412. The zero-order valence-electron chi connectivity index (χ0n) is 11.2. The first-order valence-corrected chi connectivity index (χ1v) is 6.12. The van der Waals surface area contributed by atoms with Crippen molar-refractivity contribution in [1.82, 2.24) is 0 Å². The molecule has 0 bridgehead atoms. The highest BCUT2D eigenvalue weighted by Gasteiger charge is 2.10. The van der Waals surface area contributed by atoms with Gasteiger partial charge in [-0.1, -0.05) is 17.7 Å². The topological polar surface area (TPSA) is 27.7 Å². The largest absolute Gasteiger partial charge is 0.493 e. The molecule has 0 saturated heterocycles. The first kappa shape index (κ1) is 14.9. The Morgan fingerprint density at radius 1 is 1.28 bits per heavy atom. The van der Waals surface area contributed by atoms with Crippen molar-refractivity contribution in [2.24, 2.45) is 0 Å². The summed E-state index contributed by atoms with van der Waals surface area (Å²) in [6.45, 7) is 4.30. The molecule has 0 aromatic heterocycles. The summed E-state index contributed by atoms with van der Waals surface area (Å²) in [4.78, 5) is 0. The van der Waals surface area contributed by atoms with Crippen molar-refractivity contribution in [1.29, 1.82) is 0 Å². The van der Waals surface area contributed by atoms with E-state index in [1.54, 1.807) is 14.2 Å². The summed E-state index contributed by atoms with van der Waals surface area (Å²) >= 11 is 5.74. The molecular weight excluding hydrogens is 252 g/mol. The predicted molar refractivity (Wildman–Crippen MR) is 73.5 cm³/mol. The maximum atomic E-state index is 5.74. The summed E-state index contributed by atoms with van der Waals surface area (Å²) in [7, 11) is 3.23. The van der Waals surface area contributed by atoms with Crippen LogP contribution in [-0.4, -0.2) is 20.8 Å². The Kier molecular flexibility index (Phi) is 6.02. The molecule has 0 saturated carbocycles. The van der Waals surface area contributed by atoms with Crippen molar-refractivity contribution in [3.63, 3.8) is 0 Å². The fourth-order valence-corrected chi connectivity index (χ4v) is 1.57. The second-order valence-corrected chi connectivity index (χ2v) is 4.48. The second kappa shape index (κ2) is 7.29. The van der Waals surface area contributed by atoms with E-state index < -0.39 is 0 Å². The van der Waals surface area contributed by atoms with Gasteiger partial charge in [0.2, 0.25) is 0 Å². The van der Waals surface area contributed by atoms with Crippen molar-refractivity contribution >= 4 is 11.6 Å². The lowest BCUT2D eigenvalue weighted by atomic mass is 10.1. The van der Waals surface area contributed by atoms with E-state index in [4.69, 9.17) is 25.8 Å². The van der Waals surface area contributed by atoms with Crippen LogP contribution in [0.25, 0.3) is 0 Å². The predicted octanol–water partition coefficient (Wildman–Crippen LogP) is 3.92. The van der Waals surface area contributed by atoms with E-state index in [1.165, 1.54) is 0 Å². The maximum Gasteiger partial charge on any atom is 0.161 e. The van der Waals surface area contributed by atoms with E-state index in [1.807, 2.05) is 38.1 Å². The molecule has 0 heterocycles. The average Bonchev–Trinajstić information content (AvgIpc) is 2.37. The van der Waals surface area contributed by atoms with E-state index in [0.29, 0.717) is 18.1 Å². The summed E-state index contributed by atoms with van der Waals surface area (Å²) in [6.07, 6.45) is 1.80. The van der Waals surface area contributed by atoms with Crippen molar-refractivity contribution < 1.29 is 14.2 Å². The third kappa shape index (κ3) is 4.24. The highest BCUT2D eigenvalue weighted by molar-refractivity contribution is 6.29. The average molecular weight is 271 g/mol. The van der Waals surface area contributed by atoms with Gasteiger partial charge < -0.3 is 14.2 Å². The van der Waals surface area contributed by atoms with Gasteiger partial charge in [-0.2, -0.15) is 0 Å². The molecular formula is C14H19ClO3. The van der Waals surface area contributed by atoms with E-state index in [0.717, 1.165) is 10.6 Å². The van der Waals surface area contributed by atoms with Crippen LogP contribution in [0.2, 0.25) is 0 Å². The van der Waals surface area contributed by atoms with Crippen LogP contribution in [0.1, 0.15) is 25.5 Å². The van der Waals surface area contributed by atoms with Crippen LogP contribution in [0.5, 0.6) is 11.5 Å². The Morgan fingerprint density at radius 2 is 1.94 bits per heavy atom. The summed E-state index contributed by atoms with van der Waals surface area (Å²) in [5.74, 6) is 1.42. The van der Waals surface area contributed by atoms with Crippen LogP contribution in [0.3, 0.4) is 0 Å². The quantitative estimate of drug-likeness (QED) is 0.784. The Morgan fingerprint density at radius 3 is 2.50 bits per heavy atom. The van der Waals surface area contributed by atoms with Crippen LogP contribution in [0, 0.1) is 0 Å². The van der Waals surface area contributed by atoms with Gasteiger partial charge in [0.25, 0.3) is 0 Å².